The van der Waals surface area contributed by atoms with Gasteiger partial charge in [0.05, 0.1) is 12.5 Å². The fraction of sp³-hybridized carbons (Fsp3) is 0.625. The molecule has 1 atom stereocenters. The Morgan fingerprint density at radius 2 is 1.79 bits per heavy atom. The third-order valence-electron chi connectivity index (χ3n) is 4.06. The molecule has 1 aromatic rings. The summed E-state index contributed by atoms with van der Waals surface area (Å²) in [6.45, 7) is 0. The topological polar surface area (TPSA) is 9.23 Å². The van der Waals surface area contributed by atoms with Crippen LogP contribution in [0.5, 0.6) is 5.75 Å². The van der Waals surface area contributed by atoms with Crippen LogP contribution in [0.2, 0.25) is 0 Å². The first-order valence-electron chi connectivity index (χ1n) is 7.20. The standard InChI is InChI=1S/C16H22ClFO/c1-19-15-10-9-13(11-14(15)18)16(17)12-7-5-3-2-4-6-8-12/h9-12,16H,2-8H2,1H3. The fourth-order valence-electron chi connectivity index (χ4n) is 2.91. The van der Waals surface area contributed by atoms with E-state index in [4.69, 9.17) is 16.3 Å². The van der Waals surface area contributed by atoms with Crippen LogP contribution in [-0.2, 0) is 0 Å². The van der Waals surface area contributed by atoms with Crippen molar-refractivity contribution in [3.05, 3.63) is 29.6 Å². The second-order valence-corrected chi connectivity index (χ2v) is 5.87. The molecular formula is C16H22ClFO. The predicted molar refractivity (Wildman–Crippen MR) is 77.4 cm³/mol. The number of methoxy groups -OCH3 is 1. The fourth-order valence-corrected chi connectivity index (χ4v) is 3.29. The van der Waals surface area contributed by atoms with Crippen LogP contribution in [-0.4, -0.2) is 7.11 Å². The maximum absolute atomic E-state index is 13.7. The highest BCUT2D eigenvalue weighted by Gasteiger charge is 2.22. The van der Waals surface area contributed by atoms with E-state index >= 15 is 0 Å². The first-order chi connectivity index (χ1) is 9.22. The van der Waals surface area contributed by atoms with E-state index < -0.39 is 0 Å². The molecule has 0 saturated heterocycles. The van der Waals surface area contributed by atoms with Gasteiger partial charge in [-0.2, -0.15) is 0 Å². The monoisotopic (exact) mass is 284 g/mol. The van der Waals surface area contributed by atoms with Gasteiger partial charge in [-0.25, -0.2) is 4.39 Å². The molecule has 0 bridgehead atoms. The first kappa shape index (κ1) is 14.6. The number of alkyl halides is 1. The minimum Gasteiger partial charge on any atom is -0.494 e. The highest BCUT2D eigenvalue weighted by Crippen LogP contribution is 2.38. The lowest BCUT2D eigenvalue weighted by Gasteiger charge is -2.24. The highest BCUT2D eigenvalue weighted by atomic mass is 35.5. The van der Waals surface area contributed by atoms with Gasteiger partial charge in [0.25, 0.3) is 0 Å². The lowest BCUT2D eigenvalue weighted by molar-refractivity contribution is 0.365. The summed E-state index contributed by atoms with van der Waals surface area (Å²) in [7, 11) is 1.48. The number of rotatable bonds is 3. The van der Waals surface area contributed by atoms with E-state index in [1.807, 2.05) is 6.07 Å². The van der Waals surface area contributed by atoms with Gasteiger partial charge in [0, 0.05) is 0 Å². The van der Waals surface area contributed by atoms with Gasteiger partial charge < -0.3 is 4.74 Å². The number of benzene rings is 1. The molecule has 1 fully saturated rings. The maximum atomic E-state index is 13.7. The maximum Gasteiger partial charge on any atom is 0.165 e. The molecule has 0 heterocycles. The van der Waals surface area contributed by atoms with Gasteiger partial charge in [0.2, 0.25) is 0 Å². The van der Waals surface area contributed by atoms with E-state index in [2.05, 4.69) is 0 Å². The Hall–Kier alpha value is -0.760. The molecule has 3 heteroatoms. The van der Waals surface area contributed by atoms with Crippen LogP contribution in [0.3, 0.4) is 0 Å². The number of hydrogen-bond acceptors (Lipinski definition) is 1. The smallest absolute Gasteiger partial charge is 0.165 e. The molecule has 1 aromatic carbocycles. The Morgan fingerprint density at radius 1 is 1.16 bits per heavy atom. The molecule has 0 spiro atoms. The van der Waals surface area contributed by atoms with Crippen LogP contribution in [0.15, 0.2) is 18.2 Å². The van der Waals surface area contributed by atoms with Crippen molar-refractivity contribution in [1.29, 1.82) is 0 Å². The summed E-state index contributed by atoms with van der Waals surface area (Å²) in [5.74, 6) is 0.427. The molecule has 2 rings (SSSR count). The summed E-state index contributed by atoms with van der Waals surface area (Å²) in [4.78, 5) is 0. The van der Waals surface area contributed by atoms with Crippen LogP contribution < -0.4 is 4.74 Å². The predicted octanol–water partition coefficient (Wildman–Crippen LogP) is 5.47. The second kappa shape index (κ2) is 7.14. The van der Waals surface area contributed by atoms with Crippen LogP contribution in [0, 0.1) is 11.7 Å². The summed E-state index contributed by atoms with van der Waals surface area (Å²) < 4.78 is 18.7. The summed E-state index contributed by atoms with van der Waals surface area (Å²) in [6.07, 6.45) is 8.74. The molecule has 19 heavy (non-hydrogen) atoms. The van der Waals surface area contributed by atoms with Crippen molar-refractivity contribution in [3.63, 3.8) is 0 Å². The van der Waals surface area contributed by atoms with E-state index in [0.717, 1.165) is 18.4 Å². The highest BCUT2D eigenvalue weighted by molar-refractivity contribution is 6.21. The van der Waals surface area contributed by atoms with Crippen molar-refractivity contribution < 1.29 is 9.13 Å². The Kier molecular flexibility index (Phi) is 5.50. The zero-order valence-corrected chi connectivity index (χ0v) is 12.3. The number of hydrogen-bond donors (Lipinski definition) is 0. The SMILES string of the molecule is COc1ccc(C(Cl)C2CCCCCCC2)cc1F. The molecule has 0 aliphatic heterocycles. The van der Waals surface area contributed by atoms with E-state index in [0.29, 0.717) is 5.92 Å². The molecular weight excluding hydrogens is 263 g/mol. The molecule has 0 aromatic heterocycles. The van der Waals surface area contributed by atoms with Crippen LogP contribution in [0.25, 0.3) is 0 Å². The van der Waals surface area contributed by atoms with Gasteiger partial charge in [-0.05, 0) is 36.5 Å². The number of ether oxygens (including phenoxy) is 1. The molecule has 1 aliphatic carbocycles. The van der Waals surface area contributed by atoms with Crippen molar-refractivity contribution in [1.82, 2.24) is 0 Å². The quantitative estimate of drug-likeness (QED) is 0.668. The average Bonchev–Trinajstić information content (AvgIpc) is 2.37. The second-order valence-electron chi connectivity index (χ2n) is 5.40. The van der Waals surface area contributed by atoms with E-state index in [-0.39, 0.29) is 16.9 Å². The summed E-state index contributed by atoms with van der Waals surface area (Å²) in [5, 5.41) is -0.0847. The van der Waals surface area contributed by atoms with Crippen LogP contribution in [0.1, 0.15) is 55.9 Å². The molecule has 1 unspecified atom stereocenters. The van der Waals surface area contributed by atoms with Crippen molar-refractivity contribution >= 4 is 11.6 Å². The van der Waals surface area contributed by atoms with Gasteiger partial charge >= 0.3 is 0 Å². The largest absolute Gasteiger partial charge is 0.494 e. The molecule has 0 N–H and O–H groups in total. The normalized spacial score (nSPS) is 19.5. The molecule has 1 saturated carbocycles. The molecule has 0 amide bonds. The van der Waals surface area contributed by atoms with Crippen molar-refractivity contribution in [2.24, 2.45) is 5.92 Å². The van der Waals surface area contributed by atoms with Crippen molar-refractivity contribution in [2.75, 3.05) is 7.11 Å². The third-order valence-corrected chi connectivity index (χ3v) is 4.67. The van der Waals surface area contributed by atoms with Crippen LogP contribution in [0.4, 0.5) is 4.39 Å². The van der Waals surface area contributed by atoms with Crippen LogP contribution >= 0.6 is 11.6 Å². The van der Waals surface area contributed by atoms with Crippen molar-refractivity contribution in [2.45, 2.75) is 50.3 Å². The van der Waals surface area contributed by atoms with E-state index in [1.165, 1.54) is 45.3 Å². The summed E-state index contributed by atoms with van der Waals surface area (Å²) >= 11 is 6.57. The van der Waals surface area contributed by atoms with Gasteiger partial charge in [-0.1, -0.05) is 38.2 Å². The first-order valence-corrected chi connectivity index (χ1v) is 7.63. The Bertz CT molecular complexity index is 400. The van der Waals surface area contributed by atoms with E-state index in [1.54, 1.807) is 6.07 Å². The molecule has 0 radical (unpaired) electrons. The zero-order valence-electron chi connectivity index (χ0n) is 11.5. The Morgan fingerprint density at radius 3 is 2.37 bits per heavy atom. The van der Waals surface area contributed by atoms with Gasteiger partial charge in [-0.3, -0.25) is 0 Å². The third kappa shape index (κ3) is 3.85. The molecule has 106 valence electrons. The zero-order chi connectivity index (χ0) is 13.7. The summed E-state index contributed by atoms with van der Waals surface area (Å²) in [6, 6.07) is 5.08. The van der Waals surface area contributed by atoms with Crippen molar-refractivity contribution in [3.8, 4) is 5.75 Å². The Labute approximate surface area is 120 Å². The molecule has 1 aliphatic rings. The minimum absolute atomic E-state index is 0.0847. The minimum atomic E-state index is -0.323. The van der Waals surface area contributed by atoms with E-state index in [9.17, 15) is 4.39 Å². The Balaban J connectivity index is 2.08. The lowest BCUT2D eigenvalue weighted by atomic mass is 9.86. The molecule has 1 nitrogen and oxygen atoms in total. The van der Waals surface area contributed by atoms with Gasteiger partial charge in [0.15, 0.2) is 11.6 Å². The average molecular weight is 285 g/mol. The number of halogens is 2. The lowest BCUT2D eigenvalue weighted by Crippen LogP contribution is -2.10. The summed E-state index contributed by atoms with van der Waals surface area (Å²) in [5.41, 5.74) is 0.880. The van der Waals surface area contributed by atoms with Gasteiger partial charge in [-0.15, -0.1) is 11.6 Å². The van der Waals surface area contributed by atoms with Gasteiger partial charge in [0.1, 0.15) is 0 Å².